The monoisotopic (exact) mass is 302 g/mol. The Morgan fingerprint density at radius 3 is 2.59 bits per heavy atom. The molecule has 0 heterocycles. The molecule has 1 aliphatic rings. The van der Waals surface area contributed by atoms with E-state index in [0.717, 1.165) is 0 Å². The second-order valence-corrected chi connectivity index (χ2v) is 5.51. The van der Waals surface area contributed by atoms with E-state index in [-0.39, 0.29) is 6.03 Å². The zero-order valence-electron chi connectivity index (χ0n) is 13.0. The van der Waals surface area contributed by atoms with Gasteiger partial charge in [0, 0.05) is 6.20 Å². The molecule has 1 aromatic rings. The number of para-hydroxylation sites is 1. The molecule has 0 atom stereocenters. The van der Waals surface area contributed by atoms with Gasteiger partial charge in [0.2, 0.25) is 0 Å². The molecule has 1 fully saturated rings. The van der Waals surface area contributed by atoms with Crippen LogP contribution in [0.15, 0.2) is 36.0 Å². The minimum absolute atomic E-state index is 0.330. The van der Waals surface area contributed by atoms with Crippen LogP contribution in [0.2, 0.25) is 0 Å². The fourth-order valence-corrected chi connectivity index (χ4v) is 2.72. The van der Waals surface area contributed by atoms with Crippen LogP contribution in [0, 0.1) is 5.92 Å². The highest BCUT2D eigenvalue weighted by Crippen LogP contribution is 2.30. The first-order chi connectivity index (χ1) is 10.6. The van der Waals surface area contributed by atoms with Crippen molar-refractivity contribution in [1.82, 2.24) is 5.32 Å². The summed E-state index contributed by atoms with van der Waals surface area (Å²) in [6, 6.07) is 6.38. The second-order valence-electron chi connectivity index (χ2n) is 5.51. The van der Waals surface area contributed by atoms with E-state index in [4.69, 9.17) is 4.74 Å². The van der Waals surface area contributed by atoms with Gasteiger partial charge in [-0.15, -0.1) is 0 Å². The van der Waals surface area contributed by atoms with Gasteiger partial charge in [-0.1, -0.05) is 30.5 Å². The van der Waals surface area contributed by atoms with Gasteiger partial charge in [-0.2, -0.15) is 0 Å². The smallest absolute Gasteiger partial charge is 0.339 e. The molecule has 2 amide bonds. The zero-order chi connectivity index (χ0) is 15.9. The number of amides is 2. The molecule has 2 rings (SSSR count). The Labute approximate surface area is 130 Å². The zero-order valence-corrected chi connectivity index (χ0v) is 13.0. The van der Waals surface area contributed by atoms with E-state index in [0.29, 0.717) is 17.2 Å². The largest absolute Gasteiger partial charge is 0.465 e. The Hall–Kier alpha value is -2.30. The molecule has 1 saturated carbocycles. The molecule has 22 heavy (non-hydrogen) atoms. The molecule has 0 saturated heterocycles. The molecule has 0 spiro atoms. The third kappa shape index (κ3) is 4.10. The van der Waals surface area contributed by atoms with E-state index < -0.39 is 5.97 Å². The van der Waals surface area contributed by atoms with Gasteiger partial charge in [0.25, 0.3) is 0 Å². The minimum Gasteiger partial charge on any atom is -0.465 e. The summed E-state index contributed by atoms with van der Waals surface area (Å²) >= 11 is 0. The summed E-state index contributed by atoms with van der Waals surface area (Å²) in [4.78, 5) is 23.6. The number of carbonyl (C=O) groups excluding carboxylic acids is 2. The molecular formula is C17H22N2O3. The van der Waals surface area contributed by atoms with Crippen LogP contribution in [0.5, 0.6) is 0 Å². The fraction of sp³-hybridized carbons (Fsp3) is 0.412. The quantitative estimate of drug-likeness (QED) is 0.834. The molecule has 5 heteroatoms. The lowest BCUT2D eigenvalue weighted by Crippen LogP contribution is -2.25. The standard InChI is InChI=1S/C17H22N2O3/c1-12(13-7-3-4-8-13)11-18-17(21)19-15-10-6-5-9-14(15)16(20)22-2/h5-6,9-11,13H,3-4,7-8H2,1-2H3,(H2,18,19,21)/b12-11+. The summed E-state index contributed by atoms with van der Waals surface area (Å²) in [6.07, 6.45) is 6.66. The van der Waals surface area contributed by atoms with Crippen molar-refractivity contribution in [2.24, 2.45) is 5.92 Å². The SMILES string of the molecule is COC(=O)c1ccccc1NC(=O)N/C=C(\C)C1CCCC1. The number of allylic oxidation sites excluding steroid dienone is 1. The highest BCUT2D eigenvalue weighted by molar-refractivity contribution is 6.00. The lowest BCUT2D eigenvalue weighted by molar-refractivity contribution is 0.0602. The number of rotatable bonds is 4. The number of hydrogen-bond acceptors (Lipinski definition) is 3. The van der Waals surface area contributed by atoms with Gasteiger partial charge in [-0.3, -0.25) is 0 Å². The maximum atomic E-state index is 12.0. The molecule has 0 radical (unpaired) electrons. The third-order valence-corrected chi connectivity index (χ3v) is 4.01. The van der Waals surface area contributed by atoms with Crippen LogP contribution >= 0.6 is 0 Å². The van der Waals surface area contributed by atoms with Crippen molar-refractivity contribution < 1.29 is 14.3 Å². The maximum Gasteiger partial charge on any atom is 0.339 e. The Morgan fingerprint density at radius 1 is 1.23 bits per heavy atom. The number of carbonyl (C=O) groups is 2. The molecule has 1 aromatic carbocycles. The molecule has 0 unspecified atom stereocenters. The van der Waals surface area contributed by atoms with Gasteiger partial charge in [0.1, 0.15) is 0 Å². The third-order valence-electron chi connectivity index (χ3n) is 4.01. The van der Waals surface area contributed by atoms with E-state index in [1.165, 1.54) is 38.4 Å². The first kappa shape index (κ1) is 16.1. The normalized spacial score (nSPS) is 15.5. The van der Waals surface area contributed by atoms with Crippen molar-refractivity contribution in [1.29, 1.82) is 0 Å². The van der Waals surface area contributed by atoms with Crippen LogP contribution in [-0.4, -0.2) is 19.1 Å². The summed E-state index contributed by atoms with van der Waals surface area (Å²) in [6.45, 7) is 2.04. The molecule has 0 bridgehead atoms. The van der Waals surface area contributed by atoms with Crippen LogP contribution in [0.25, 0.3) is 0 Å². The molecule has 0 aliphatic heterocycles. The number of benzene rings is 1. The number of urea groups is 1. The highest BCUT2D eigenvalue weighted by atomic mass is 16.5. The average Bonchev–Trinajstić information content (AvgIpc) is 3.07. The van der Waals surface area contributed by atoms with Crippen molar-refractivity contribution in [3.63, 3.8) is 0 Å². The number of esters is 1. The maximum absolute atomic E-state index is 12.0. The second kappa shape index (κ2) is 7.64. The molecule has 0 aromatic heterocycles. The van der Waals surface area contributed by atoms with E-state index in [2.05, 4.69) is 10.6 Å². The van der Waals surface area contributed by atoms with Crippen LogP contribution in [0.4, 0.5) is 10.5 Å². The molecular weight excluding hydrogens is 280 g/mol. The van der Waals surface area contributed by atoms with Crippen molar-refractivity contribution in [3.8, 4) is 0 Å². The Bertz CT molecular complexity index is 575. The van der Waals surface area contributed by atoms with Gasteiger partial charge in [-0.25, -0.2) is 9.59 Å². The molecule has 5 nitrogen and oxygen atoms in total. The summed E-state index contributed by atoms with van der Waals surface area (Å²) < 4.78 is 4.70. The number of methoxy groups -OCH3 is 1. The van der Waals surface area contributed by atoms with Crippen LogP contribution < -0.4 is 10.6 Å². The minimum atomic E-state index is -0.478. The van der Waals surface area contributed by atoms with Crippen LogP contribution in [-0.2, 0) is 4.74 Å². The molecule has 118 valence electrons. The summed E-state index contributed by atoms with van der Waals surface area (Å²) in [7, 11) is 1.31. The topological polar surface area (TPSA) is 67.4 Å². The van der Waals surface area contributed by atoms with Gasteiger partial charge in [0.15, 0.2) is 0 Å². The average molecular weight is 302 g/mol. The summed E-state index contributed by atoms with van der Waals surface area (Å²) in [5, 5.41) is 5.40. The lowest BCUT2D eigenvalue weighted by atomic mass is 10.0. The number of nitrogens with one attached hydrogen (secondary N) is 2. The van der Waals surface area contributed by atoms with Gasteiger partial charge >= 0.3 is 12.0 Å². The molecule has 2 N–H and O–H groups in total. The van der Waals surface area contributed by atoms with E-state index >= 15 is 0 Å². The van der Waals surface area contributed by atoms with E-state index in [1.807, 2.05) is 6.92 Å². The number of hydrogen-bond donors (Lipinski definition) is 2. The fourth-order valence-electron chi connectivity index (χ4n) is 2.72. The number of anilines is 1. The summed E-state index contributed by atoms with van der Waals surface area (Å²) in [5.41, 5.74) is 1.95. The Balaban J connectivity index is 1.97. The van der Waals surface area contributed by atoms with E-state index in [1.54, 1.807) is 30.5 Å². The predicted molar refractivity (Wildman–Crippen MR) is 85.7 cm³/mol. The first-order valence-corrected chi connectivity index (χ1v) is 7.53. The van der Waals surface area contributed by atoms with Crippen molar-refractivity contribution >= 4 is 17.7 Å². The van der Waals surface area contributed by atoms with Crippen molar-refractivity contribution in [3.05, 3.63) is 41.6 Å². The van der Waals surface area contributed by atoms with Gasteiger partial charge in [0.05, 0.1) is 18.4 Å². The Kier molecular flexibility index (Phi) is 5.58. The van der Waals surface area contributed by atoms with Gasteiger partial charge < -0.3 is 15.4 Å². The first-order valence-electron chi connectivity index (χ1n) is 7.53. The molecule has 1 aliphatic carbocycles. The lowest BCUT2D eigenvalue weighted by Gasteiger charge is -2.12. The number of ether oxygens (including phenoxy) is 1. The Morgan fingerprint density at radius 2 is 1.91 bits per heavy atom. The predicted octanol–water partition coefficient (Wildman–Crippen LogP) is 3.69. The summed E-state index contributed by atoms with van der Waals surface area (Å²) in [5.74, 6) is 0.0937. The van der Waals surface area contributed by atoms with Crippen LogP contribution in [0.1, 0.15) is 43.0 Å². The van der Waals surface area contributed by atoms with Gasteiger partial charge in [-0.05, 0) is 37.8 Å². The van der Waals surface area contributed by atoms with Crippen molar-refractivity contribution in [2.45, 2.75) is 32.6 Å². The van der Waals surface area contributed by atoms with E-state index in [9.17, 15) is 9.59 Å². The highest BCUT2D eigenvalue weighted by Gasteiger charge is 2.17. The van der Waals surface area contributed by atoms with Crippen molar-refractivity contribution in [2.75, 3.05) is 12.4 Å². The van der Waals surface area contributed by atoms with Crippen LogP contribution in [0.3, 0.4) is 0 Å².